The van der Waals surface area contributed by atoms with Crippen molar-refractivity contribution in [3.8, 4) is 0 Å². The molecule has 134 valence electrons. The summed E-state index contributed by atoms with van der Waals surface area (Å²) in [5.41, 5.74) is 1.41. The number of rotatable bonds is 3. The summed E-state index contributed by atoms with van der Waals surface area (Å²) in [6.45, 7) is 4.12. The van der Waals surface area contributed by atoms with Crippen LogP contribution in [-0.4, -0.2) is 42.5 Å². The summed E-state index contributed by atoms with van der Waals surface area (Å²) in [5, 5.41) is 3.06. The Balaban J connectivity index is 1.68. The van der Waals surface area contributed by atoms with Gasteiger partial charge in [0.1, 0.15) is 0 Å². The number of hydrogen-bond donors (Lipinski definition) is 1. The fraction of sp³-hybridized carbons (Fsp3) is 0.600. The highest BCUT2D eigenvalue weighted by Gasteiger charge is 2.58. The average Bonchev–Trinajstić information content (AvgIpc) is 3.16. The number of benzene rings is 1. The van der Waals surface area contributed by atoms with Crippen LogP contribution >= 0.6 is 0 Å². The zero-order chi connectivity index (χ0) is 17.4. The van der Waals surface area contributed by atoms with E-state index >= 15 is 0 Å². The van der Waals surface area contributed by atoms with Crippen LogP contribution < -0.4 is 5.32 Å². The van der Waals surface area contributed by atoms with Crippen molar-refractivity contribution in [3.05, 3.63) is 29.8 Å². The van der Waals surface area contributed by atoms with Gasteiger partial charge in [-0.3, -0.25) is 9.59 Å². The van der Waals surface area contributed by atoms with E-state index in [1.165, 1.54) is 0 Å². The van der Waals surface area contributed by atoms with Gasteiger partial charge in [-0.25, -0.2) is 0 Å². The maximum absolute atomic E-state index is 13.2. The number of nitrogens with one attached hydrogen (secondary N) is 1. The first-order valence-corrected chi connectivity index (χ1v) is 9.47. The Morgan fingerprint density at radius 3 is 2.84 bits per heavy atom. The van der Waals surface area contributed by atoms with E-state index in [-0.39, 0.29) is 23.8 Å². The molecule has 2 amide bonds. The maximum Gasteiger partial charge on any atom is 0.237 e. The SMILES string of the molecule is CCC[C@@H]1N(C(=O)C2CCOCC2)CC[C@]12C(=O)Nc1ccccc12. The Bertz CT molecular complexity index is 683. The van der Waals surface area contributed by atoms with Crippen LogP contribution in [0.3, 0.4) is 0 Å². The van der Waals surface area contributed by atoms with Crippen LogP contribution in [0.1, 0.15) is 44.6 Å². The maximum atomic E-state index is 13.2. The first-order valence-electron chi connectivity index (χ1n) is 9.47. The second-order valence-electron chi connectivity index (χ2n) is 7.44. The molecule has 5 heteroatoms. The minimum atomic E-state index is -0.576. The minimum Gasteiger partial charge on any atom is -0.381 e. The molecule has 1 aromatic carbocycles. The summed E-state index contributed by atoms with van der Waals surface area (Å²) in [4.78, 5) is 28.2. The third-order valence-electron chi connectivity index (χ3n) is 6.17. The van der Waals surface area contributed by atoms with Crippen molar-refractivity contribution in [2.75, 3.05) is 25.1 Å². The second kappa shape index (κ2) is 6.45. The van der Waals surface area contributed by atoms with E-state index in [1.54, 1.807) is 0 Å². The fourth-order valence-corrected chi connectivity index (χ4v) is 4.92. The highest BCUT2D eigenvalue weighted by atomic mass is 16.5. The monoisotopic (exact) mass is 342 g/mol. The van der Waals surface area contributed by atoms with Gasteiger partial charge >= 0.3 is 0 Å². The summed E-state index contributed by atoms with van der Waals surface area (Å²) in [6.07, 6.45) is 4.12. The molecule has 2 fully saturated rings. The first kappa shape index (κ1) is 16.6. The number of carbonyl (C=O) groups is 2. The van der Waals surface area contributed by atoms with Crippen LogP contribution in [-0.2, 0) is 19.7 Å². The summed E-state index contributed by atoms with van der Waals surface area (Å²) in [7, 11) is 0. The number of anilines is 1. The molecule has 3 aliphatic rings. The minimum absolute atomic E-state index is 0.0444. The Morgan fingerprint density at radius 1 is 1.32 bits per heavy atom. The molecule has 3 heterocycles. The lowest BCUT2D eigenvalue weighted by Crippen LogP contribution is -2.50. The van der Waals surface area contributed by atoms with E-state index in [1.807, 2.05) is 23.1 Å². The smallest absolute Gasteiger partial charge is 0.237 e. The molecule has 1 spiro atoms. The lowest BCUT2D eigenvalue weighted by Gasteiger charge is -2.36. The molecule has 0 bridgehead atoms. The molecule has 0 saturated carbocycles. The highest BCUT2D eigenvalue weighted by Crippen LogP contribution is 2.49. The van der Waals surface area contributed by atoms with E-state index in [0.29, 0.717) is 19.8 Å². The van der Waals surface area contributed by atoms with Gasteiger partial charge in [0, 0.05) is 31.4 Å². The van der Waals surface area contributed by atoms with Crippen molar-refractivity contribution in [3.63, 3.8) is 0 Å². The van der Waals surface area contributed by atoms with Crippen LogP contribution in [0.25, 0.3) is 0 Å². The molecule has 5 nitrogen and oxygen atoms in total. The Morgan fingerprint density at radius 2 is 2.08 bits per heavy atom. The molecule has 0 radical (unpaired) electrons. The van der Waals surface area contributed by atoms with E-state index in [2.05, 4.69) is 18.3 Å². The Labute approximate surface area is 148 Å². The standard InChI is InChI=1S/C20H26N2O3/c1-2-5-17-20(15-6-3-4-7-16(15)21-19(20)24)10-11-22(17)18(23)14-8-12-25-13-9-14/h3-4,6-7,14,17H,2,5,8-13H2,1H3,(H,21,24)/t17-,20+/m0/s1. The molecule has 2 saturated heterocycles. The summed E-state index contributed by atoms with van der Waals surface area (Å²) < 4.78 is 5.41. The number of hydrogen-bond acceptors (Lipinski definition) is 3. The van der Waals surface area contributed by atoms with Gasteiger partial charge in [-0.1, -0.05) is 31.5 Å². The molecule has 2 atom stereocenters. The molecule has 25 heavy (non-hydrogen) atoms. The predicted octanol–water partition coefficient (Wildman–Crippen LogP) is 2.70. The summed E-state index contributed by atoms with van der Waals surface area (Å²) >= 11 is 0. The van der Waals surface area contributed by atoms with Crippen molar-refractivity contribution >= 4 is 17.5 Å². The lowest BCUT2D eigenvalue weighted by molar-refractivity contribution is -0.140. The average molecular weight is 342 g/mol. The van der Waals surface area contributed by atoms with E-state index in [0.717, 1.165) is 43.4 Å². The fourth-order valence-electron chi connectivity index (χ4n) is 4.92. The molecular formula is C20H26N2O3. The van der Waals surface area contributed by atoms with E-state index in [4.69, 9.17) is 4.74 Å². The van der Waals surface area contributed by atoms with Crippen molar-refractivity contribution in [2.24, 2.45) is 5.92 Å². The third kappa shape index (κ3) is 2.48. The Kier molecular flexibility index (Phi) is 4.28. The predicted molar refractivity (Wildman–Crippen MR) is 95.3 cm³/mol. The van der Waals surface area contributed by atoms with Crippen LogP contribution in [0.2, 0.25) is 0 Å². The number of nitrogens with zero attached hydrogens (tertiary/aromatic N) is 1. The third-order valence-corrected chi connectivity index (χ3v) is 6.17. The van der Waals surface area contributed by atoms with Crippen LogP contribution in [0.15, 0.2) is 24.3 Å². The topological polar surface area (TPSA) is 58.6 Å². The molecular weight excluding hydrogens is 316 g/mol. The van der Waals surface area contributed by atoms with Crippen LogP contribution in [0, 0.1) is 5.92 Å². The van der Waals surface area contributed by atoms with Crippen molar-refractivity contribution in [1.82, 2.24) is 4.90 Å². The molecule has 1 aromatic rings. The first-order chi connectivity index (χ1) is 12.2. The molecule has 3 aliphatic heterocycles. The number of carbonyl (C=O) groups excluding carboxylic acids is 2. The zero-order valence-corrected chi connectivity index (χ0v) is 14.8. The van der Waals surface area contributed by atoms with Gasteiger partial charge in [0.2, 0.25) is 11.8 Å². The Hall–Kier alpha value is -1.88. The second-order valence-corrected chi connectivity index (χ2v) is 7.44. The van der Waals surface area contributed by atoms with Gasteiger partial charge in [0.05, 0.1) is 11.5 Å². The van der Waals surface area contributed by atoms with Gasteiger partial charge in [-0.05, 0) is 37.3 Å². The largest absolute Gasteiger partial charge is 0.381 e. The number of fused-ring (bicyclic) bond motifs is 2. The van der Waals surface area contributed by atoms with Crippen molar-refractivity contribution in [2.45, 2.75) is 50.5 Å². The van der Waals surface area contributed by atoms with Gasteiger partial charge in [-0.2, -0.15) is 0 Å². The van der Waals surface area contributed by atoms with E-state index < -0.39 is 5.41 Å². The number of ether oxygens (including phenoxy) is 1. The quantitative estimate of drug-likeness (QED) is 0.919. The van der Waals surface area contributed by atoms with E-state index in [9.17, 15) is 9.59 Å². The number of para-hydroxylation sites is 1. The molecule has 0 aliphatic carbocycles. The van der Waals surface area contributed by atoms with Gasteiger partial charge in [-0.15, -0.1) is 0 Å². The molecule has 1 N–H and O–H groups in total. The summed E-state index contributed by atoms with van der Waals surface area (Å²) in [5.74, 6) is 0.327. The van der Waals surface area contributed by atoms with Gasteiger partial charge < -0.3 is 15.0 Å². The normalized spacial score (nSPS) is 29.1. The zero-order valence-electron chi connectivity index (χ0n) is 14.8. The molecule has 0 unspecified atom stereocenters. The molecule has 4 rings (SSSR count). The van der Waals surface area contributed by atoms with Gasteiger partial charge in [0.15, 0.2) is 0 Å². The van der Waals surface area contributed by atoms with Crippen LogP contribution in [0.5, 0.6) is 0 Å². The number of likely N-dealkylation sites (tertiary alicyclic amines) is 1. The van der Waals surface area contributed by atoms with Crippen molar-refractivity contribution < 1.29 is 14.3 Å². The number of amides is 2. The highest BCUT2D eigenvalue weighted by molar-refractivity contribution is 6.07. The van der Waals surface area contributed by atoms with Crippen LogP contribution in [0.4, 0.5) is 5.69 Å². The van der Waals surface area contributed by atoms with Crippen molar-refractivity contribution in [1.29, 1.82) is 0 Å². The lowest BCUT2D eigenvalue weighted by atomic mass is 9.73. The summed E-state index contributed by atoms with van der Waals surface area (Å²) in [6, 6.07) is 7.92. The van der Waals surface area contributed by atoms with Gasteiger partial charge in [0.25, 0.3) is 0 Å². The molecule has 0 aromatic heterocycles.